The molecule has 47 heavy (non-hydrogen) atoms. The van der Waals surface area contributed by atoms with Crippen molar-refractivity contribution in [1.29, 1.82) is 0 Å². The van der Waals surface area contributed by atoms with Crippen LogP contribution in [0.3, 0.4) is 0 Å². The lowest BCUT2D eigenvalue weighted by Crippen LogP contribution is -2.29. The molecule has 4 aromatic carbocycles. The number of Topliss-reactive ketones (excluding diaryl/α,β-unsaturated/α-hetero) is 1. The fraction of sp³-hybridized carbons (Fsp3) is 0.118. The standard InChI is InChI=1S/C34H25ClN4O6S2/c1-20-7-2-3-8-23(20)18-45-26-15-13-21(14-16-26)30(40)28-29(22-10-6-11-25(17-22)39(43)44)38(32(42)31(28)41)33-36-37-34(47-33)46-19-24-9-4-5-12-27(24)35/h2-17,29,40H,18-19H2,1H3/b30-28+. The van der Waals surface area contributed by atoms with Gasteiger partial charge in [0.25, 0.3) is 11.5 Å². The molecule has 0 spiro atoms. The topological polar surface area (TPSA) is 136 Å². The molecular weight excluding hydrogens is 660 g/mol. The van der Waals surface area contributed by atoms with Crippen LogP contribution in [0.5, 0.6) is 5.75 Å². The van der Waals surface area contributed by atoms with E-state index in [1.165, 1.54) is 30.0 Å². The molecule has 0 saturated carbocycles. The summed E-state index contributed by atoms with van der Waals surface area (Å²) in [5.41, 5.74) is 3.04. The van der Waals surface area contributed by atoms with E-state index < -0.39 is 28.4 Å². The quantitative estimate of drug-likeness (QED) is 0.0296. The van der Waals surface area contributed by atoms with Crippen LogP contribution in [0.25, 0.3) is 5.76 Å². The maximum Gasteiger partial charge on any atom is 0.301 e. The maximum atomic E-state index is 13.6. The highest BCUT2D eigenvalue weighted by Crippen LogP contribution is 2.44. The number of rotatable bonds is 10. The van der Waals surface area contributed by atoms with Crippen molar-refractivity contribution < 1.29 is 24.4 Å². The molecular formula is C34H25ClN4O6S2. The molecule has 1 unspecified atom stereocenters. The summed E-state index contributed by atoms with van der Waals surface area (Å²) in [5.74, 6) is -1.31. The second kappa shape index (κ2) is 13.8. The number of hydrogen-bond donors (Lipinski definition) is 1. The number of hydrogen-bond acceptors (Lipinski definition) is 10. The van der Waals surface area contributed by atoms with Gasteiger partial charge in [-0.15, -0.1) is 10.2 Å². The molecule has 1 aliphatic heterocycles. The van der Waals surface area contributed by atoms with Gasteiger partial charge < -0.3 is 9.84 Å². The second-order valence-corrected chi connectivity index (χ2v) is 13.1. The average Bonchev–Trinajstić information content (AvgIpc) is 3.65. The van der Waals surface area contributed by atoms with Crippen molar-refractivity contribution in [3.8, 4) is 5.75 Å². The summed E-state index contributed by atoms with van der Waals surface area (Å²) >= 11 is 8.73. The van der Waals surface area contributed by atoms with Gasteiger partial charge >= 0.3 is 5.91 Å². The van der Waals surface area contributed by atoms with Crippen LogP contribution in [-0.2, 0) is 21.9 Å². The number of anilines is 1. The normalized spacial score (nSPS) is 15.6. The molecule has 1 aliphatic rings. The largest absolute Gasteiger partial charge is 0.507 e. The first-order chi connectivity index (χ1) is 22.7. The van der Waals surface area contributed by atoms with E-state index >= 15 is 0 Å². The van der Waals surface area contributed by atoms with E-state index in [-0.39, 0.29) is 27.5 Å². The fourth-order valence-electron chi connectivity index (χ4n) is 5.06. The number of aryl methyl sites for hydroxylation is 1. The molecule has 0 bridgehead atoms. The number of amides is 1. The number of nitro groups is 1. The van der Waals surface area contributed by atoms with Gasteiger partial charge in [0, 0.05) is 28.5 Å². The predicted octanol–water partition coefficient (Wildman–Crippen LogP) is 7.91. The third-order valence-electron chi connectivity index (χ3n) is 7.54. The van der Waals surface area contributed by atoms with Gasteiger partial charge in [0.1, 0.15) is 18.1 Å². The lowest BCUT2D eigenvalue weighted by Gasteiger charge is -2.22. The number of halogens is 1. The first kappa shape index (κ1) is 31.9. The van der Waals surface area contributed by atoms with E-state index in [9.17, 15) is 24.8 Å². The molecule has 236 valence electrons. The first-order valence-electron chi connectivity index (χ1n) is 14.2. The number of ether oxygens (including phenoxy) is 1. The second-order valence-electron chi connectivity index (χ2n) is 10.5. The molecule has 2 heterocycles. The summed E-state index contributed by atoms with van der Waals surface area (Å²) in [6, 6.07) is 26.1. The number of non-ortho nitro benzene ring substituents is 1. The molecule has 1 aromatic heterocycles. The average molecular weight is 685 g/mol. The minimum Gasteiger partial charge on any atom is -0.507 e. The molecule has 1 amide bonds. The van der Waals surface area contributed by atoms with Gasteiger partial charge in [-0.1, -0.05) is 89.3 Å². The number of nitrogens with zero attached hydrogens (tertiary/aromatic N) is 4. The zero-order chi connectivity index (χ0) is 33.1. The van der Waals surface area contributed by atoms with Crippen molar-refractivity contribution in [3.05, 3.63) is 146 Å². The highest BCUT2D eigenvalue weighted by Gasteiger charge is 2.48. The molecule has 0 radical (unpaired) electrons. The van der Waals surface area contributed by atoms with Crippen molar-refractivity contribution in [2.24, 2.45) is 0 Å². The predicted molar refractivity (Wildman–Crippen MR) is 181 cm³/mol. The fourth-order valence-corrected chi connectivity index (χ4v) is 7.22. The van der Waals surface area contributed by atoms with Gasteiger partial charge in [-0.2, -0.15) is 0 Å². The Bertz CT molecular complexity index is 2030. The number of carbonyl (C=O) groups excluding carboxylic acids is 2. The first-order valence-corrected chi connectivity index (χ1v) is 16.4. The van der Waals surface area contributed by atoms with E-state index in [4.69, 9.17) is 16.3 Å². The third kappa shape index (κ3) is 6.75. The van der Waals surface area contributed by atoms with E-state index in [1.54, 1.807) is 36.4 Å². The molecule has 1 atom stereocenters. The number of aliphatic hydroxyl groups excluding tert-OH is 1. The summed E-state index contributed by atoms with van der Waals surface area (Å²) in [6.07, 6.45) is 0. The minimum atomic E-state index is -1.21. The monoisotopic (exact) mass is 684 g/mol. The van der Waals surface area contributed by atoms with Gasteiger partial charge in [-0.25, -0.2) is 0 Å². The van der Waals surface area contributed by atoms with Crippen molar-refractivity contribution in [3.63, 3.8) is 0 Å². The van der Waals surface area contributed by atoms with Gasteiger partial charge in [0.05, 0.1) is 16.5 Å². The van der Waals surface area contributed by atoms with E-state index in [1.807, 2.05) is 49.4 Å². The number of ketones is 1. The SMILES string of the molecule is Cc1ccccc1COc1ccc(/C(O)=C2\C(=O)C(=O)N(c3nnc(SCc4ccccc4Cl)s3)C2c2cccc([N+](=O)[O-])c2)cc1. The van der Waals surface area contributed by atoms with Crippen LogP contribution < -0.4 is 9.64 Å². The molecule has 10 nitrogen and oxygen atoms in total. The van der Waals surface area contributed by atoms with Crippen LogP contribution in [0.4, 0.5) is 10.8 Å². The van der Waals surface area contributed by atoms with Crippen LogP contribution in [-0.4, -0.2) is 31.9 Å². The van der Waals surface area contributed by atoms with Crippen molar-refractivity contribution >= 4 is 63.0 Å². The van der Waals surface area contributed by atoms with Crippen molar-refractivity contribution in [2.45, 2.75) is 29.7 Å². The summed E-state index contributed by atoms with van der Waals surface area (Å²) in [4.78, 5) is 39.4. The molecule has 5 aromatic rings. The molecule has 1 fully saturated rings. The Kier molecular flexibility index (Phi) is 9.34. The van der Waals surface area contributed by atoms with Gasteiger partial charge in [-0.05, 0) is 59.5 Å². The molecule has 1 saturated heterocycles. The Labute approximate surface area is 282 Å². The minimum absolute atomic E-state index is 0.101. The van der Waals surface area contributed by atoms with Gasteiger partial charge in [0.15, 0.2) is 4.34 Å². The zero-order valence-corrected chi connectivity index (χ0v) is 27.1. The van der Waals surface area contributed by atoms with Crippen LogP contribution >= 0.6 is 34.7 Å². The Hall–Kier alpha value is -5.04. The number of nitro benzene ring substituents is 1. The Morgan fingerprint density at radius 2 is 1.72 bits per heavy atom. The zero-order valence-electron chi connectivity index (χ0n) is 24.7. The van der Waals surface area contributed by atoms with Gasteiger partial charge in [0.2, 0.25) is 5.13 Å². The van der Waals surface area contributed by atoms with E-state index in [0.717, 1.165) is 32.9 Å². The molecule has 0 aliphatic carbocycles. The smallest absolute Gasteiger partial charge is 0.301 e. The van der Waals surface area contributed by atoms with Crippen LogP contribution in [0, 0.1) is 17.0 Å². The van der Waals surface area contributed by atoms with E-state index in [2.05, 4.69) is 10.2 Å². The van der Waals surface area contributed by atoms with Crippen molar-refractivity contribution in [2.75, 3.05) is 4.90 Å². The number of carbonyl (C=O) groups is 2. The summed E-state index contributed by atoms with van der Waals surface area (Å²) in [5, 5.41) is 32.3. The number of thioether (sulfide) groups is 1. The summed E-state index contributed by atoms with van der Waals surface area (Å²) in [7, 11) is 0. The highest BCUT2D eigenvalue weighted by atomic mass is 35.5. The van der Waals surface area contributed by atoms with Crippen molar-refractivity contribution in [1.82, 2.24) is 10.2 Å². The highest BCUT2D eigenvalue weighted by molar-refractivity contribution is 8.00. The summed E-state index contributed by atoms with van der Waals surface area (Å²) < 4.78 is 6.43. The van der Waals surface area contributed by atoms with Crippen LogP contribution in [0.15, 0.2) is 107 Å². The lowest BCUT2D eigenvalue weighted by molar-refractivity contribution is -0.384. The number of benzene rings is 4. The third-order valence-corrected chi connectivity index (χ3v) is 10.0. The maximum absolute atomic E-state index is 13.6. The van der Waals surface area contributed by atoms with Crippen LogP contribution in [0.2, 0.25) is 5.02 Å². The number of aliphatic hydroxyl groups is 1. The summed E-state index contributed by atoms with van der Waals surface area (Å²) in [6.45, 7) is 2.34. The molecule has 6 rings (SSSR count). The Morgan fingerprint density at radius 1 is 1.00 bits per heavy atom. The lowest BCUT2D eigenvalue weighted by atomic mass is 9.95. The van der Waals surface area contributed by atoms with E-state index in [0.29, 0.717) is 27.5 Å². The Balaban J connectivity index is 1.33. The van der Waals surface area contributed by atoms with Crippen LogP contribution in [0.1, 0.15) is 33.9 Å². The Morgan fingerprint density at radius 3 is 2.45 bits per heavy atom. The number of aromatic nitrogens is 2. The molecule has 13 heteroatoms. The molecule has 1 N–H and O–H groups in total. The van der Waals surface area contributed by atoms with Gasteiger partial charge in [-0.3, -0.25) is 24.6 Å².